The van der Waals surface area contributed by atoms with Crippen LogP contribution in [0.2, 0.25) is 0 Å². The fraction of sp³-hybridized carbons (Fsp3) is 0.500. The van der Waals surface area contributed by atoms with Crippen molar-refractivity contribution in [2.75, 3.05) is 0 Å². The van der Waals surface area contributed by atoms with Crippen molar-refractivity contribution in [1.29, 1.82) is 0 Å². The lowest BCUT2D eigenvalue weighted by molar-refractivity contribution is -0.137. The summed E-state index contributed by atoms with van der Waals surface area (Å²) in [6.45, 7) is 5.50. The van der Waals surface area contributed by atoms with Gasteiger partial charge in [-0.1, -0.05) is 0 Å². The third-order valence-corrected chi connectivity index (χ3v) is 3.90. The number of hydrogen-bond acceptors (Lipinski definition) is 4. The Labute approximate surface area is 110 Å². The first-order valence-electron chi connectivity index (χ1n) is 5.60. The number of aliphatic carboxylic acids is 1. The van der Waals surface area contributed by atoms with Gasteiger partial charge in [-0.15, -0.1) is 4.72 Å². The van der Waals surface area contributed by atoms with E-state index in [2.05, 4.69) is 9.71 Å². The second kappa shape index (κ2) is 6.17. The topological polar surface area (TPSA) is 85.3 Å². The summed E-state index contributed by atoms with van der Waals surface area (Å²) >= 11 is -1.32. The average molecular weight is 270 g/mol. The number of carboxylic acids is 1. The maximum atomic E-state index is 12.0. The highest BCUT2D eigenvalue weighted by atomic mass is 32.2. The molecular weight excluding hydrogens is 252 g/mol. The average Bonchev–Trinajstić information content (AvgIpc) is 2.27. The molecule has 0 spiro atoms. The highest BCUT2D eigenvalue weighted by Gasteiger charge is 2.30. The van der Waals surface area contributed by atoms with Gasteiger partial charge in [0.1, 0.15) is 4.75 Å². The number of carbonyl (C=O) groups is 1. The summed E-state index contributed by atoms with van der Waals surface area (Å²) in [6, 6.07) is 2.96. The molecule has 100 valence electrons. The van der Waals surface area contributed by atoms with E-state index in [9.17, 15) is 9.35 Å². The van der Waals surface area contributed by atoms with Crippen LogP contribution in [-0.4, -0.2) is 25.4 Å². The standard InChI is InChI=1S/C12H18N2O3S/c1-12(2,3)18(17)14-10(8-11(15)16)9-4-6-13-7-5-9/h4-7,10,14H,8H2,1-3H3,(H,15,16). The van der Waals surface area contributed by atoms with E-state index in [4.69, 9.17) is 5.11 Å². The minimum Gasteiger partial charge on any atom is -0.598 e. The molecule has 0 aliphatic carbocycles. The summed E-state index contributed by atoms with van der Waals surface area (Å²) in [5.74, 6) is -0.935. The highest BCUT2D eigenvalue weighted by Crippen LogP contribution is 2.21. The van der Waals surface area contributed by atoms with Gasteiger partial charge in [0.2, 0.25) is 0 Å². The molecule has 1 aromatic heterocycles. The van der Waals surface area contributed by atoms with E-state index in [0.717, 1.165) is 5.56 Å². The van der Waals surface area contributed by atoms with Crippen LogP contribution in [0.1, 0.15) is 38.8 Å². The molecule has 2 N–H and O–H groups in total. The first-order chi connectivity index (χ1) is 8.30. The molecule has 2 atom stereocenters. The summed E-state index contributed by atoms with van der Waals surface area (Å²) in [6.07, 6.45) is 3.06. The van der Waals surface area contributed by atoms with E-state index >= 15 is 0 Å². The van der Waals surface area contributed by atoms with Crippen LogP contribution in [0, 0.1) is 0 Å². The fourth-order valence-corrected chi connectivity index (χ4v) is 2.14. The van der Waals surface area contributed by atoms with Gasteiger partial charge in [0.05, 0.1) is 12.5 Å². The van der Waals surface area contributed by atoms with Crippen LogP contribution in [0.15, 0.2) is 24.5 Å². The van der Waals surface area contributed by atoms with Crippen LogP contribution in [-0.2, 0) is 16.2 Å². The smallest absolute Gasteiger partial charge is 0.305 e. The van der Waals surface area contributed by atoms with Crippen LogP contribution in [0.4, 0.5) is 0 Å². The van der Waals surface area contributed by atoms with E-state index in [-0.39, 0.29) is 6.42 Å². The predicted octanol–water partition coefficient (Wildman–Crippen LogP) is 1.65. The lowest BCUT2D eigenvalue weighted by Gasteiger charge is -2.27. The van der Waals surface area contributed by atoms with Gasteiger partial charge in [-0.3, -0.25) is 9.78 Å². The summed E-state index contributed by atoms with van der Waals surface area (Å²) in [7, 11) is 0. The van der Waals surface area contributed by atoms with Crippen LogP contribution in [0.5, 0.6) is 0 Å². The van der Waals surface area contributed by atoms with Gasteiger partial charge in [0.15, 0.2) is 0 Å². The van der Waals surface area contributed by atoms with E-state index in [1.165, 1.54) is 0 Å². The van der Waals surface area contributed by atoms with E-state index in [0.29, 0.717) is 0 Å². The van der Waals surface area contributed by atoms with Crippen LogP contribution in [0.3, 0.4) is 0 Å². The monoisotopic (exact) mass is 270 g/mol. The molecule has 0 aliphatic rings. The van der Waals surface area contributed by atoms with Gasteiger partial charge in [0.25, 0.3) is 0 Å². The summed E-state index contributed by atoms with van der Waals surface area (Å²) in [4.78, 5) is 14.7. The van der Waals surface area contributed by atoms with Crippen LogP contribution < -0.4 is 4.72 Å². The lowest BCUT2D eigenvalue weighted by Crippen LogP contribution is -2.41. The third kappa shape index (κ3) is 4.64. The van der Waals surface area contributed by atoms with Crippen molar-refractivity contribution in [3.05, 3.63) is 30.1 Å². The molecule has 0 fully saturated rings. The van der Waals surface area contributed by atoms with Gasteiger partial charge >= 0.3 is 5.97 Å². The van der Waals surface area contributed by atoms with Crippen molar-refractivity contribution in [2.45, 2.75) is 38.0 Å². The highest BCUT2D eigenvalue weighted by molar-refractivity contribution is 7.90. The molecule has 0 aromatic carbocycles. The van der Waals surface area contributed by atoms with Crippen molar-refractivity contribution >= 4 is 17.3 Å². The lowest BCUT2D eigenvalue weighted by atomic mass is 10.1. The molecule has 1 aromatic rings. The maximum absolute atomic E-state index is 12.0. The number of nitrogens with one attached hydrogen (secondary N) is 1. The Balaban J connectivity index is 2.83. The van der Waals surface area contributed by atoms with Gasteiger partial charge in [-0.25, -0.2) is 0 Å². The van der Waals surface area contributed by atoms with Crippen molar-refractivity contribution in [3.63, 3.8) is 0 Å². The van der Waals surface area contributed by atoms with Gasteiger partial charge < -0.3 is 9.66 Å². The zero-order valence-electron chi connectivity index (χ0n) is 10.7. The Morgan fingerprint density at radius 2 is 2.06 bits per heavy atom. The number of nitrogens with zero attached hydrogens (tertiary/aromatic N) is 1. The summed E-state index contributed by atoms with van der Waals surface area (Å²) in [5, 5.41) is 8.91. The molecule has 1 heterocycles. The molecule has 1 rings (SSSR count). The molecule has 0 amide bonds. The Morgan fingerprint density at radius 1 is 1.50 bits per heavy atom. The molecule has 18 heavy (non-hydrogen) atoms. The van der Waals surface area contributed by atoms with Crippen molar-refractivity contribution < 1.29 is 14.5 Å². The third-order valence-electron chi connectivity index (χ3n) is 2.29. The molecule has 2 unspecified atom stereocenters. The number of pyridine rings is 1. The molecule has 0 bridgehead atoms. The Bertz CT molecular complexity index is 392. The first kappa shape index (κ1) is 14.9. The Morgan fingerprint density at radius 3 is 2.50 bits per heavy atom. The van der Waals surface area contributed by atoms with E-state index in [1.807, 2.05) is 20.8 Å². The normalized spacial score (nSPS) is 15.1. The fourth-order valence-electron chi connectivity index (χ4n) is 1.30. The summed E-state index contributed by atoms with van der Waals surface area (Å²) in [5.41, 5.74) is 0.769. The number of hydrogen-bond donors (Lipinski definition) is 2. The number of rotatable bonds is 5. The van der Waals surface area contributed by atoms with Gasteiger partial charge in [0, 0.05) is 23.8 Å². The second-order valence-corrected chi connectivity index (χ2v) is 6.93. The van der Waals surface area contributed by atoms with E-state index < -0.39 is 28.1 Å². The molecule has 0 radical (unpaired) electrons. The van der Waals surface area contributed by atoms with Crippen molar-refractivity contribution in [3.8, 4) is 0 Å². The Hall–Kier alpha value is -1.11. The van der Waals surface area contributed by atoms with Crippen molar-refractivity contribution in [1.82, 2.24) is 9.71 Å². The van der Waals surface area contributed by atoms with E-state index in [1.54, 1.807) is 24.5 Å². The minimum atomic E-state index is -1.32. The zero-order valence-corrected chi connectivity index (χ0v) is 11.5. The minimum absolute atomic E-state index is 0.119. The number of aromatic nitrogens is 1. The summed E-state index contributed by atoms with van der Waals surface area (Å²) < 4.78 is 14.4. The second-order valence-electron chi connectivity index (χ2n) is 4.93. The van der Waals surface area contributed by atoms with Gasteiger partial charge in [-0.05, 0) is 38.5 Å². The SMILES string of the molecule is CC(C)(C)[S+]([O-])NC(CC(=O)O)c1ccncc1. The van der Waals surface area contributed by atoms with Crippen LogP contribution in [0.25, 0.3) is 0 Å². The quantitative estimate of drug-likeness (QED) is 0.795. The first-order valence-corrected chi connectivity index (χ1v) is 6.75. The zero-order chi connectivity index (χ0) is 13.8. The molecular formula is C12H18N2O3S. The largest absolute Gasteiger partial charge is 0.598 e. The molecule has 0 aliphatic heterocycles. The molecule has 5 nitrogen and oxygen atoms in total. The molecule has 0 saturated carbocycles. The maximum Gasteiger partial charge on any atom is 0.305 e. The predicted molar refractivity (Wildman–Crippen MR) is 70.3 cm³/mol. The van der Waals surface area contributed by atoms with Crippen molar-refractivity contribution in [2.24, 2.45) is 0 Å². The van der Waals surface area contributed by atoms with Gasteiger partial charge in [-0.2, -0.15) is 0 Å². The molecule has 0 saturated heterocycles. The molecule has 6 heteroatoms. The number of carboxylic acid groups (broad SMARTS) is 1. The van der Waals surface area contributed by atoms with Crippen LogP contribution >= 0.6 is 0 Å². The Kier molecular flexibility index (Phi) is 5.13.